The van der Waals surface area contributed by atoms with Crippen molar-refractivity contribution in [2.75, 3.05) is 0 Å². The maximum atomic E-state index is 11.8. The van der Waals surface area contributed by atoms with Gasteiger partial charge in [0.25, 0.3) is 0 Å². The molecular weight excluding hydrogens is 202 g/mol. The largest absolute Gasteiger partial charge is 0.339 e. The number of hydrogen-bond acceptors (Lipinski definition) is 3. The maximum Gasteiger partial charge on any atom is 0.229 e. The van der Waals surface area contributed by atoms with Gasteiger partial charge in [0, 0.05) is 18.5 Å². The van der Waals surface area contributed by atoms with Crippen LogP contribution in [-0.2, 0) is 9.59 Å². The molecule has 2 aliphatic rings. The molecule has 1 aromatic rings. The molecule has 3 rings (SSSR count). The minimum atomic E-state index is -0.473. The predicted octanol–water partition coefficient (Wildman–Crippen LogP) is 1.68. The molecule has 1 unspecified atom stereocenters. The van der Waals surface area contributed by atoms with Crippen molar-refractivity contribution in [3.8, 4) is 0 Å². The molecule has 2 aliphatic heterocycles. The summed E-state index contributed by atoms with van der Waals surface area (Å²) >= 11 is 0. The van der Waals surface area contributed by atoms with Gasteiger partial charge in [-0.05, 0) is 17.2 Å². The standard InChI is InChI=1S/C13H9NO2/c15-11-6-8-14-7-5-9-3-1-2-4-10(9)12(14)13(11)16/h1-8,12H. The second kappa shape index (κ2) is 3.17. The average Bonchev–Trinajstić information content (AvgIpc) is 2.33. The molecule has 0 amide bonds. The predicted molar refractivity (Wildman–Crippen MR) is 59.2 cm³/mol. The van der Waals surface area contributed by atoms with Crippen molar-refractivity contribution in [1.29, 1.82) is 0 Å². The number of nitrogens with zero attached hydrogens (tertiary/aromatic N) is 1. The molecule has 1 atom stereocenters. The lowest BCUT2D eigenvalue weighted by molar-refractivity contribution is -0.137. The fourth-order valence-electron chi connectivity index (χ4n) is 2.11. The molecule has 0 saturated heterocycles. The van der Waals surface area contributed by atoms with Gasteiger partial charge in [0.2, 0.25) is 11.6 Å². The quantitative estimate of drug-likeness (QED) is 0.613. The zero-order valence-corrected chi connectivity index (χ0v) is 8.46. The van der Waals surface area contributed by atoms with Gasteiger partial charge in [0.1, 0.15) is 6.04 Å². The third-order valence-corrected chi connectivity index (χ3v) is 2.90. The Hall–Kier alpha value is -2.16. The summed E-state index contributed by atoms with van der Waals surface area (Å²) < 4.78 is 0. The summed E-state index contributed by atoms with van der Waals surface area (Å²) in [5.41, 5.74) is 1.90. The smallest absolute Gasteiger partial charge is 0.229 e. The molecule has 78 valence electrons. The van der Waals surface area contributed by atoms with Crippen LogP contribution in [0.1, 0.15) is 17.2 Å². The van der Waals surface area contributed by atoms with Crippen molar-refractivity contribution in [1.82, 2.24) is 4.90 Å². The van der Waals surface area contributed by atoms with E-state index in [1.165, 1.54) is 6.08 Å². The third-order valence-electron chi connectivity index (χ3n) is 2.90. The van der Waals surface area contributed by atoms with Crippen LogP contribution in [0.4, 0.5) is 0 Å². The number of ketones is 2. The lowest BCUT2D eigenvalue weighted by Gasteiger charge is -2.32. The molecule has 0 N–H and O–H groups in total. The number of carbonyl (C=O) groups excluding carboxylic acids is 2. The van der Waals surface area contributed by atoms with Crippen LogP contribution in [0.3, 0.4) is 0 Å². The Bertz CT molecular complexity index is 543. The second-order valence-electron chi connectivity index (χ2n) is 3.84. The second-order valence-corrected chi connectivity index (χ2v) is 3.84. The van der Waals surface area contributed by atoms with Crippen LogP contribution < -0.4 is 0 Å². The van der Waals surface area contributed by atoms with Crippen molar-refractivity contribution >= 4 is 17.6 Å². The zero-order chi connectivity index (χ0) is 11.1. The molecular formula is C13H9NO2. The first kappa shape index (κ1) is 9.09. The topological polar surface area (TPSA) is 37.4 Å². The molecule has 3 heteroatoms. The fourth-order valence-corrected chi connectivity index (χ4v) is 2.11. The Morgan fingerprint density at radius 3 is 2.62 bits per heavy atom. The molecule has 0 aromatic heterocycles. The first-order valence-corrected chi connectivity index (χ1v) is 5.08. The minimum Gasteiger partial charge on any atom is -0.339 e. The van der Waals surface area contributed by atoms with E-state index in [9.17, 15) is 9.59 Å². The fraction of sp³-hybridized carbons (Fsp3) is 0.0769. The van der Waals surface area contributed by atoms with Gasteiger partial charge >= 0.3 is 0 Å². The molecule has 3 nitrogen and oxygen atoms in total. The van der Waals surface area contributed by atoms with Crippen LogP contribution in [0.25, 0.3) is 6.08 Å². The molecule has 0 fully saturated rings. The highest BCUT2D eigenvalue weighted by Crippen LogP contribution is 2.33. The van der Waals surface area contributed by atoms with Crippen LogP contribution in [0, 0.1) is 0 Å². The summed E-state index contributed by atoms with van der Waals surface area (Å²) in [4.78, 5) is 25.0. The van der Waals surface area contributed by atoms with Gasteiger partial charge < -0.3 is 4.90 Å². The van der Waals surface area contributed by atoms with E-state index in [2.05, 4.69) is 0 Å². The number of rotatable bonds is 0. The average molecular weight is 211 g/mol. The van der Waals surface area contributed by atoms with Crippen molar-refractivity contribution in [2.24, 2.45) is 0 Å². The number of benzene rings is 1. The molecule has 0 bridgehead atoms. The van der Waals surface area contributed by atoms with Gasteiger partial charge in [-0.25, -0.2) is 0 Å². The van der Waals surface area contributed by atoms with E-state index in [0.717, 1.165) is 11.1 Å². The van der Waals surface area contributed by atoms with E-state index in [-0.39, 0.29) is 5.78 Å². The van der Waals surface area contributed by atoms with Crippen molar-refractivity contribution < 1.29 is 9.59 Å². The Morgan fingerprint density at radius 2 is 1.75 bits per heavy atom. The van der Waals surface area contributed by atoms with Gasteiger partial charge in [-0.15, -0.1) is 0 Å². The molecule has 16 heavy (non-hydrogen) atoms. The number of Topliss-reactive ketones (excluding diaryl/α,β-unsaturated/α-hetero) is 1. The highest BCUT2D eigenvalue weighted by molar-refractivity contribution is 6.44. The van der Waals surface area contributed by atoms with Crippen molar-refractivity contribution in [3.63, 3.8) is 0 Å². The SMILES string of the molecule is O=C1C=CN2C=Cc3ccccc3C2C1=O. The molecule has 0 aliphatic carbocycles. The number of allylic oxidation sites excluding steroid dienone is 1. The Kier molecular flexibility index (Phi) is 1.80. The lowest BCUT2D eigenvalue weighted by atomic mass is 9.90. The van der Waals surface area contributed by atoms with E-state index >= 15 is 0 Å². The lowest BCUT2D eigenvalue weighted by Crippen LogP contribution is -2.36. The monoisotopic (exact) mass is 211 g/mol. The van der Waals surface area contributed by atoms with Crippen LogP contribution in [0.2, 0.25) is 0 Å². The highest BCUT2D eigenvalue weighted by Gasteiger charge is 2.34. The summed E-state index contributed by atoms with van der Waals surface area (Å²) in [6.07, 6.45) is 6.74. The Labute approximate surface area is 92.7 Å². The molecule has 0 radical (unpaired) electrons. The van der Waals surface area contributed by atoms with Crippen LogP contribution in [-0.4, -0.2) is 16.5 Å². The Morgan fingerprint density at radius 1 is 1.00 bits per heavy atom. The number of fused-ring (bicyclic) bond motifs is 3. The number of carbonyl (C=O) groups is 2. The number of hydrogen-bond donors (Lipinski definition) is 0. The summed E-state index contributed by atoms with van der Waals surface area (Å²) in [6.45, 7) is 0. The molecule has 0 saturated carbocycles. The van der Waals surface area contributed by atoms with Crippen LogP contribution in [0.5, 0.6) is 0 Å². The summed E-state index contributed by atoms with van der Waals surface area (Å²) in [5.74, 6) is -0.786. The summed E-state index contributed by atoms with van der Waals surface area (Å²) in [5, 5.41) is 0. The summed E-state index contributed by atoms with van der Waals surface area (Å²) in [7, 11) is 0. The van der Waals surface area contributed by atoms with E-state index in [4.69, 9.17) is 0 Å². The van der Waals surface area contributed by atoms with E-state index in [0.29, 0.717) is 0 Å². The van der Waals surface area contributed by atoms with E-state index in [1.54, 1.807) is 11.1 Å². The molecule has 1 aromatic carbocycles. The maximum absolute atomic E-state index is 11.8. The highest BCUT2D eigenvalue weighted by atomic mass is 16.2. The van der Waals surface area contributed by atoms with Gasteiger partial charge in [-0.3, -0.25) is 9.59 Å². The molecule has 2 heterocycles. The normalized spacial score (nSPS) is 22.0. The zero-order valence-electron chi connectivity index (χ0n) is 8.46. The first-order valence-electron chi connectivity index (χ1n) is 5.08. The van der Waals surface area contributed by atoms with Gasteiger partial charge in [0.15, 0.2) is 0 Å². The molecule has 0 spiro atoms. The van der Waals surface area contributed by atoms with Crippen molar-refractivity contribution in [3.05, 3.63) is 53.9 Å². The van der Waals surface area contributed by atoms with Gasteiger partial charge in [-0.1, -0.05) is 24.3 Å². The minimum absolute atomic E-state index is 0.362. The van der Waals surface area contributed by atoms with Gasteiger partial charge in [0.05, 0.1) is 0 Å². The van der Waals surface area contributed by atoms with Crippen LogP contribution in [0.15, 0.2) is 42.7 Å². The van der Waals surface area contributed by atoms with E-state index < -0.39 is 11.8 Å². The van der Waals surface area contributed by atoms with Crippen molar-refractivity contribution in [2.45, 2.75) is 6.04 Å². The third kappa shape index (κ3) is 1.15. The summed E-state index contributed by atoms with van der Waals surface area (Å²) in [6, 6.07) is 7.16. The first-order chi connectivity index (χ1) is 7.77. The Balaban J connectivity index is 2.19. The van der Waals surface area contributed by atoms with Crippen LogP contribution >= 0.6 is 0 Å². The van der Waals surface area contributed by atoms with E-state index in [1.807, 2.05) is 36.5 Å². The van der Waals surface area contributed by atoms with Gasteiger partial charge in [-0.2, -0.15) is 0 Å².